The number of carbonyl (C=O) groups excluding carboxylic acids is 1. The van der Waals surface area contributed by atoms with Crippen LogP contribution in [0.15, 0.2) is 65.8 Å². The van der Waals surface area contributed by atoms with Gasteiger partial charge >= 0.3 is 6.18 Å². The summed E-state index contributed by atoms with van der Waals surface area (Å²) in [7, 11) is 1.46. The molecule has 1 amide bonds. The van der Waals surface area contributed by atoms with Gasteiger partial charge in [0.1, 0.15) is 5.82 Å². The first-order valence-corrected chi connectivity index (χ1v) is 9.77. The second-order valence-corrected chi connectivity index (χ2v) is 6.86. The van der Waals surface area contributed by atoms with Gasteiger partial charge < -0.3 is 16.8 Å². The Balaban J connectivity index is 2.02. The van der Waals surface area contributed by atoms with Gasteiger partial charge in [-0.3, -0.25) is 9.79 Å². The Bertz CT molecular complexity index is 1210. The van der Waals surface area contributed by atoms with Crippen molar-refractivity contribution in [2.45, 2.75) is 12.7 Å². The lowest BCUT2D eigenvalue weighted by Crippen LogP contribution is -2.17. The first-order valence-electron chi connectivity index (χ1n) is 9.77. The van der Waals surface area contributed by atoms with Gasteiger partial charge in [-0.25, -0.2) is 9.97 Å². The molecule has 3 rings (SSSR count). The summed E-state index contributed by atoms with van der Waals surface area (Å²) in [5, 5.41) is 2.67. The van der Waals surface area contributed by atoms with Crippen LogP contribution in [0.2, 0.25) is 0 Å². The van der Waals surface area contributed by atoms with E-state index >= 15 is 0 Å². The van der Waals surface area contributed by atoms with Crippen LogP contribution in [0.5, 0.6) is 0 Å². The number of rotatable bonds is 6. The third-order valence-corrected chi connectivity index (χ3v) is 4.62. The molecule has 7 nitrogen and oxygen atoms in total. The Morgan fingerprint density at radius 1 is 1.18 bits per heavy atom. The number of amides is 1. The lowest BCUT2D eigenvalue weighted by atomic mass is 10.00. The number of nitrogens with one attached hydrogen (secondary N) is 1. The Morgan fingerprint density at radius 2 is 1.91 bits per heavy atom. The average Bonchev–Trinajstić information content (AvgIpc) is 2.82. The van der Waals surface area contributed by atoms with Crippen LogP contribution in [0.25, 0.3) is 17.0 Å². The summed E-state index contributed by atoms with van der Waals surface area (Å²) in [6.07, 6.45) is -0.741. The predicted octanol–water partition coefficient (Wildman–Crippen LogP) is 3.87. The number of aromatic nitrogens is 2. The SMILES string of the molecule is CN=CC=C(N)c1cc(C(=O)Nc2cnc(CN)nc2-c2ccccc2)ccc1C(F)(F)F. The van der Waals surface area contributed by atoms with Crippen molar-refractivity contribution in [3.8, 4) is 11.3 Å². The van der Waals surface area contributed by atoms with E-state index in [2.05, 4.69) is 20.3 Å². The van der Waals surface area contributed by atoms with E-state index in [0.29, 0.717) is 17.1 Å². The second kappa shape index (κ2) is 10.0. The molecule has 0 aliphatic rings. The van der Waals surface area contributed by atoms with Crippen molar-refractivity contribution in [1.82, 2.24) is 9.97 Å². The number of alkyl halides is 3. The lowest BCUT2D eigenvalue weighted by molar-refractivity contribution is -0.137. The van der Waals surface area contributed by atoms with Gasteiger partial charge in [0.2, 0.25) is 0 Å². The fourth-order valence-electron chi connectivity index (χ4n) is 3.03. The van der Waals surface area contributed by atoms with E-state index < -0.39 is 17.6 Å². The molecular weight excluding hydrogens is 433 g/mol. The summed E-state index contributed by atoms with van der Waals surface area (Å²) >= 11 is 0. The minimum absolute atomic E-state index is 0.0234. The molecule has 10 heteroatoms. The number of carbonyl (C=O) groups is 1. The van der Waals surface area contributed by atoms with Gasteiger partial charge in [0.25, 0.3) is 5.91 Å². The van der Waals surface area contributed by atoms with Crippen LogP contribution in [0.3, 0.4) is 0 Å². The third kappa shape index (κ3) is 5.60. The van der Waals surface area contributed by atoms with E-state index in [0.717, 1.165) is 18.2 Å². The molecule has 1 aromatic heterocycles. The molecule has 0 fully saturated rings. The van der Waals surface area contributed by atoms with Crippen molar-refractivity contribution in [3.05, 3.63) is 83.3 Å². The molecule has 2 aromatic carbocycles. The third-order valence-electron chi connectivity index (χ3n) is 4.62. The number of benzene rings is 2. The van der Waals surface area contributed by atoms with Crippen LogP contribution in [0.4, 0.5) is 18.9 Å². The van der Waals surface area contributed by atoms with Gasteiger partial charge in [0.15, 0.2) is 0 Å². The Hall–Kier alpha value is -4.05. The van der Waals surface area contributed by atoms with Crippen molar-refractivity contribution < 1.29 is 18.0 Å². The molecule has 5 N–H and O–H groups in total. The quantitative estimate of drug-likeness (QED) is 0.489. The maximum Gasteiger partial charge on any atom is 0.417 e. The van der Waals surface area contributed by atoms with Crippen LogP contribution < -0.4 is 16.8 Å². The summed E-state index contributed by atoms with van der Waals surface area (Å²) < 4.78 is 40.4. The van der Waals surface area contributed by atoms with Crippen LogP contribution in [-0.2, 0) is 12.7 Å². The van der Waals surface area contributed by atoms with Gasteiger partial charge in [0, 0.05) is 35.6 Å². The smallest absolute Gasteiger partial charge is 0.398 e. The summed E-state index contributed by atoms with van der Waals surface area (Å²) in [4.78, 5) is 25.1. The first kappa shape index (κ1) is 23.6. The molecule has 0 unspecified atom stereocenters. The van der Waals surface area contributed by atoms with Crippen molar-refractivity contribution in [1.29, 1.82) is 0 Å². The maximum atomic E-state index is 13.5. The minimum atomic E-state index is -4.65. The van der Waals surface area contributed by atoms with Crippen LogP contribution in [0.1, 0.15) is 27.3 Å². The number of anilines is 1. The van der Waals surface area contributed by atoms with E-state index in [-0.39, 0.29) is 29.1 Å². The molecule has 3 aromatic rings. The van der Waals surface area contributed by atoms with Crippen molar-refractivity contribution in [3.63, 3.8) is 0 Å². The van der Waals surface area contributed by atoms with E-state index in [1.54, 1.807) is 12.1 Å². The topological polar surface area (TPSA) is 119 Å². The van der Waals surface area contributed by atoms with Crippen LogP contribution >= 0.6 is 0 Å². The molecule has 33 heavy (non-hydrogen) atoms. The lowest BCUT2D eigenvalue weighted by Gasteiger charge is -2.15. The number of hydrogen-bond acceptors (Lipinski definition) is 6. The zero-order valence-electron chi connectivity index (χ0n) is 17.6. The molecule has 0 aliphatic carbocycles. The molecule has 0 aliphatic heterocycles. The van der Waals surface area contributed by atoms with E-state index in [9.17, 15) is 18.0 Å². The number of allylic oxidation sites excluding steroid dienone is 1. The Kier molecular flexibility index (Phi) is 7.19. The van der Waals surface area contributed by atoms with Crippen molar-refractivity contribution in [2.75, 3.05) is 12.4 Å². The first-order chi connectivity index (χ1) is 15.7. The molecule has 0 saturated heterocycles. The van der Waals surface area contributed by atoms with Crippen LogP contribution in [-0.4, -0.2) is 29.1 Å². The van der Waals surface area contributed by atoms with E-state index in [1.165, 1.54) is 25.5 Å². The summed E-state index contributed by atoms with van der Waals surface area (Å²) in [5.74, 6) is -0.276. The Labute approximate surface area is 188 Å². The highest BCUT2D eigenvalue weighted by atomic mass is 19.4. The summed E-state index contributed by atoms with van der Waals surface area (Å²) in [5.41, 5.74) is 11.4. The molecule has 0 saturated carbocycles. The van der Waals surface area contributed by atoms with E-state index in [4.69, 9.17) is 11.5 Å². The number of hydrogen-bond donors (Lipinski definition) is 3. The highest BCUT2D eigenvalue weighted by Gasteiger charge is 2.34. The zero-order valence-corrected chi connectivity index (χ0v) is 17.6. The molecule has 0 spiro atoms. The second-order valence-electron chi connectivity index (χ2n) is 6.86. The largest absolute Gasteiger partial charge is 0.417 e. The average molecular weight is 454 g/mol. The van der Waals surface area contributed by atoms with Crippen LogP contribution in [0, 0.1) is 0 Å². The fraction of sp³-hybridized carbons (Fsp3) is 0.130. The standard InChI is InChI=1S/C23H21F3N6O/c1-29-10-9-18(28)16-11-15(7-8-17(16)23(24,25)26)22(33)31-19-13-30-20(12-27)32-21(19)14-5-3-2-4-6-14/h2-11,13H,12,27-28H2,1H3,(H,31,33). The highest BCUT2D eigenvalue weighted by Crippen LogP contribution is 2.35. The summed E-state index contributed by atoms with van der Waals surface area (Å²) in [6.45, 7) is 0.100. The van der Waals surface area contributed by atoms with Gasteiger partial charge in [-0.05, 0) is 24.3 Å². The number of halogens is 3. The molecule has 170 valence electrons. The normalized spacial score (nSPS) is 12.2. The minimum Gasteiger partial charge on any atom is -0.398 e. The number of nitrogens with two attached hydrogens (primary N) is 2. The molecule has 0 bridgehead atoms. The maximum absolute atomic E-state index is 13.5. The van der Waals surface area contributed by atoms with Crippen molar-refractivity contribution in [2.24, 2.45) is 16.5 Å². The number of nitrogens with zero attached hydrogens (tertiary/aromatic N) is 3. The monoisotopic (exact) mass is 454 g/mol. The van der Waals surface area contributed by atoms with Gasteiger partial charge in [-0.15, -0.1) is 0 Å². The number of aliphatic imine (C=N–C) groups is 1. The predicted molar refractivity (Wildman–Crippen MR) is 121 cm³/mol. The van der Waals surface area contributed by atoms with Gasteiger partial charge in [-0.2, -0.15) is 13.2 Å². The van der Waals surface area contributed by atoms with Gasteiger partial charge in [0.05, 0.1) is 29.7 Å². The van der Waals surface area contributed by atoms with Crippen molar-refractivity contribution >= 4 is 23.5 Å². The summed E-state index contributed by atoms with van der Waals surface area (Å²) in [6, 6.07) is 12.0. The molecule has 0 atom stereocenters. The Morgan fingerprint density at radius 3 is 2.55 bits per heavy atom. The molecule has 1 heterocycles. The molecular formula is C23H21F3N6O. The zero-order chi connectivity index (χ0) is 24.0. The van der Waals surface area contributed by atoms with Gasteiger partial charge in [-0.1, -0.05) is 30.3 Å². The highest BCUT2D eigenvalue weighted by molar-refractivity contribution is 6.06. The fourth-order valence-corrected chi connectivity index (χ4v) is 3.03. The van der Waals surface area contributed by atoms with E-state index in [1.807, 2.05) is 18.2 Å². The molecule has 0 radical (unpaired) electrons.